The summed E-state index contributed by atoms with van der Waals surface area (Å²) in [6.45, 7) is 2.80. The number of piperidine rings is 1. The van der Waals surface area contributed by atoms with Gasteiger partial charge in [0.2, 0.25) is 5.91 Å². The Labute approximate surface area is 147 Å². The maximum Gasteiger partial charge on any atom is 0.305 e. The predicted octanol–water partition coefficient (Wildman–Crippen LogP) is 3.20. The Balaban J connectivity index is 1.73. The highest BCUT2D eigenvalue weighted by atomic mass is 16.5. The number of hydrogen-bond acceptors (Lipinski definition) is 3. The van der Waals surface area contributed by atoms with Crippen molar-refractivity contribution in [3.63, 3.8) is 0 Å². The third-order valence-electron chi connectivity index (χ3n) is 5.95. The van der Waals surface area contributed by atoms with E-state index >= 15 is 0 Å². The zero-order valence-corrected chi connectivity index (χ0v) is 14.7. The molecule has 0 spiro atoms. The van der Waals surface area contributed by atoms with Crippen molar-refractivity contribution in [1.29, 1.82) is 0 Å². The standard InChI is InChI=1S/C20H24N2O3/c1-3-13-12(11-18(23)25-2)10-17-19-15(8-9-22(17)20(13)24)14-6-4-5-7-16(14)21-19/h4-7,12-13,17,21H,3,8-11H2,1-2H3/t12-,13-,17-/m1/s1. The van der Waals surface area contributed by atoms with Crippen LogP contribution in [0.5, 0.6) is 0 Å². The van der Waals surface area contributed by atoms with Crippen LogP contribution in [-0.2, 0) is 20.7 Å². The Morgan fingerprint density at radius 2 is 2.16 bits per heavy atom. The first-order valence-electron chi connectivity index (χ1n) is 9.10. The van der Waals surface area contributed by atoms with Crippen LogP contribution in [0.15, 0.2) is 24.3 Å². The Morgan fingerprint density at radius 3 is 2.92 bits per heavy atom. The Bertz CT molecular complexity index is 825. The molecule has 5 heteroatoms. The SMILES string of the molecule is CC[C@H]1C(=O)N2CCc3c([nH]c4ccccc34)[C@H]2C[C@@H]1CC(=O)OC. The number of methoxy groups -OCH3 is 1. The summed E-state index contributed by atoms with van der Waals surface area (Å²) in [7, 11) is 1.41. The van der Waals surface area contributed by atoms with E-state index < -0.39 is 0 Å². The van der Waals surface area contributed by atoms with Crippen LogP contribution in [0.3, 0.4) is 0 Å². The molecule has 0 bridgehead atoms. The van der Waals surface area contributed by atoms with Gasteiger partial charge in [-0.15, -0.1) is 0 Å². The zero-order valence-electron chi connectivity index (χ0n) is 14.7. The van der Waals surface area contributed by atoms with Crippen molar-refractivity contribution < 1.29 is 14.3 Å². The van der Waals surface area contributed by atoms with Crippen LogP contribution in [0.25, 0.3) is 10.9 Å². The number of fused-ring (bicyclic) bond motifs is 5. The second-order valence-electron chi connectivity index (χ2n) is 7.15. The minimum atomic E-state index is -0.225. The van der Waals surface area contributed by atoms with Crippen LogP contribution < -0.4 is 0 Å². The van der Waals surface area contributed by atoms with Gasteiger partial charge >= 0.3 is 5.97 Å². The summed E-state index contributed by atoms with van der Waals surface area (Å²) in [5, 5.41) is 1.26. The number of H-pyrrole nitrogens is 1. The molecule has 0 unspecified atom stereocenters. The van der Waals surface area contributed by atoms with Gasteiger partial charge in [-0.3, -0.25) is 9.59 Å². The molecule has 2 aliphatic rings. The normalized spacial score (nSPS) is 25.6. The number of aromatic amines is 1. The van der Waals surface area contributed by atoms with E-state index in [2.05, 4.69) is 23.2 Å². The maximum atomic E-state index is 13.1. The third-order valence-corrected chi connectivity index (χ3v) is 5.95. The minimum absolute atomic E-state index is 0.0427. The van der Waals surface area contributed by atoms with Crippen molar-refractivity contribution in [1.82, 2.24) is 9.88 Å². The number of benzene rings is 1. The quantitative estimate of drug-likeness (QED) is 0.873. The number of nitrogens with zero attached hydrogens (tertiary/aromatic N) is 1. The number of carbonyl (C=O) groups excluding carboxylic acids is 2. The summed E-state index contributed by atoms with van der Waals surface area (Å²) in [4.78, 5) is 30.5. The fourth-order valence-electron chi connectivity index (χ4n) is 4.72. The van der Waals surface area contributed by atoms with E-state index in [4.69, 9.17) is 4.74 Å². The Morgan fingerprint density at radius 1 is 1.36 bits per heavy atom. The summed E-state index contributed by atoms with van der Waals surface area (Å²) in [6, 6.07) is 8.36. The minimum Gasteiger partial charge on any atom is -0.469 e. The third kappa shape index (κ3) is 2.53. The molecule has 1 N–H and O–H groups in total. The predicted molar refractivity (Wildman–Crippen MR) is 95.0 cm³/mol. The highest BCUT2D eigenvalue weighted by Crippen LogP contribution is 2.45. The molecule has 132 valence electrons. The fraction of sp³-hybridized carbons (Fsp3) is 0.500. The molecule has 2 aliphatic heterocycles. The van der Waals surface area contributed by atoms with Crippen LogP contribution in [-0.4, -0.2) is 35.4 Å². The molecule has 1 fully saturated rings. The lowest BCUT2D eigenvalue weighted by Crippen LogP contribution is -2.50. The summed E-state index contributed by atoms with van der Waals surface area (Å²) in [5.41, 5.74) is 3.62. The molecule has 0 radical (unpaired) electrons. The van der Waals surface area contributed by atoms with Crippen molar-refractivity contribution in [2.24, 2.45) is 11.8 Å². The van der Waals surface area contributed by atoms with Crippen LogP contribution in [0.1, 0.15) is 43.5 Å². The van der Waals surface area contributed by atoms with E-state index in [9.17, 15) is 9.59 Å². The average Bonchev–Trinajstić information content (AvgIpc) is 3.01. The van der Waals surface area contributed by atoms with Crippen LogP contribution in [0.4, 0.5) is 0 Å². The maximum absolute atomic E-state index is 13.1. The second kappa shape index (κ2) is 6.21. The number of esters is 1. The number of aromatic nitrogens is 1. The molecule has 0 aliphatic carbocycles. The fourth-order valence-corrected chi connectivity index (χ4v) is 4.72. The number of para-hydroxylation sites is 1. The highest BCUT2D eigenvalue weighted by Gasteiger charge is 2.45. The largest absolute Gasteiger partial charge is 0.469 e. The molecule has 5 nitrogen and oxygen atoms in total. The van der Waals surface area contributed by atoms with Gasteiger partial charge in [-0.2, -0.15) is 0 Å². The van der Waals surface area contributed by atoms with E-state index in [0.29, 0.717) is 6.42 Å². The van der Waals surface area contributed by atoms with Crippen molar-refractivity contribution in [2.75, 3.05) is 13.7 Å². The number of ether oxygens (including phenoxy) is 1. The van der Waals surface area contributed by atoms with E-state index in [1.807, 2.05) is 17.9 Å². The first-order valence-corrected chi connectivity index (χ1v) is 9.10. The molecule has 1 amide bonds. The molecular weight excluding hydrogens is 316 g/mol. The zero-order chi connectivity index (χ0) is 17.6. The van der Waals surface area contributed by atoms with Gasteiger partial charge in [-0.05, 0) is 36.8 Å². The number of hydrogen-bond donors (Lipinski definition) is 1. The molecule has 2 aromatic rings. The van der Waals surface area contributed by atoms with E-state index in [1.54, 1.807) is 0 Å². The smallest absolute Gasteiger partial charge is 0.305 e. The van der Waals surface area contributed by atoms with E-state index in [0.717, 1.165) is 37.0 Å². The van der Waals surface area contributed by atoms with Crippen molar-refractivity contribution >= 4 is 22.8 Å². The number of nitrogens with one attached hydrogen (secondary N) is 1. The van der Waals surface area contributed by atoms with Gasteiger partial charge in [0.25, 0.3) is 0 Å². The molecule has 1 aromatic carbocycles. The Kier molecular flexibility index (Phi) is 4.02. The van der Waals surface area contributed by atoms with Crippen molar-refractivity contribution in [3.05, 3.63) is 35.5 Å². The van der Waals surface area contributed by atoms with Gasteiger partial charge < -0.3 is 14.6 Å². The number of rotatable bonds is 3. The monoisotopic (exact) mass is 340 g/mol. The van der Waals surface area contributed by atoms with Crippen LogP contribution >= 0.6 is 0 Å². The average molecular weight is 340 g/mol. The van der Waals surface area contributed by atoms with Crippen LogP contribution in [0, 0.1) is 11.8 Å². The highest BCUT2D eigenvalue weighted by molar-refractivity contribution is 5.87. The molecule has 3 heterocycles. The summed E-state index contributed by atoms with van der Waals surface area (Å²) in [6.07, 6.45) is 2.79. The first-order chi connectivity index (χ1) is 12.1. The van der Waals surface area contributed by atoms with E-state index in [-0.39, 0.29) is 29.8 Å². The van der Waals surface area contributed by atoms with Crippen molar-refractivity contribution in [3.8, 4) is 0 Å². The van der Waals surface area contributed by atoms with Crippen molar-refractivity contribution in [2.45, 2.75) is 38.6 Å². The lowest BCUT2D eigenvalue weighted by Gasteiger charge is -2.45. The van der Waals surface area contributed by atoms with E-state index in [1.165, 1.54) is 18.1 Å². The summed E-state index contributed by atoms with van der Waals surface area (Å²) >= 11 is 0. The molecule has 1 saturated heterocycles. The topological polar surface area (TPSA) is 62.4 Å². The lowest BCUT2D eigenvalue weighted by atomic mass is 9.75. The number of carbonyl (C=O) groups is 2. The number of amides is 1. The van der Waals surface area contributed by atoms with Crippen LogP contribution in [0.2, 0.25) is 0 Å². The second-order valence-corrected chi connectivity index (χ2v) is 7.15. The molecule has 4 rings (SSSR count). The lowest BCUT2D eigenvalue weighted by molar-refractivity contribution is -0.150. The van der Waals surface area contributed by atoms with Gasteiger partial charge in [-0.1, -0.05) is 25.1 Å². The molecule has 0 saturated carbocycles. The van der Waals surface area contributed by atoms with Gasteiger partial charge in [0.15, 0.2) is 0 Å². The van der Waals surface area contributed by atoms with Gasteiger partial charge in [0, 0.05) is 35.5 Å². The Hall–Kier alpha value is -2.30. The van der Waals surface area contributed by atoms with Gasteiger partial charge in [0.1, 0.15) is 0 Å². The summed E-state index contributed by atoms with van der Waals surface area (Å²) in [5.74, 6) is -0.0702. The molecular formula is C20H24N2O3. The molecule has 1 aromatic heterocycles. The molecule has 3 atom stereocenters. The van der Waals surface area contributed by atoms with Gasteiger partial charge in [0.05, 0.1) is 13.2 Å². The molecule has 25 heavy (non-hydrogen) atoms. The summed E-state index contributed by atoms with van der Waals surface area (Å²) < 4.78 is 4.86. The first kappa shape index (κ1) is 16.2. The van der Waals surface area contributed by atoms with Gasteiger partial charge in [-0.25, -0.2) is 0 Å².